The van der Waals surface area contributed by atoms with Gasteiger partial charge in [-0.1, -0.05) is 34.4 Å². The summed E-state index contributed by atoms with van der Waals surface area (Å²) >= 11 is 12.7. The quantitative estimate of drug-likeness (QED) is 0.765. The number of nitrogens with zero attached hydrogens (tertiary/aromatic N) is 2. The summed E-state index contributed by atoms with van der Waals surface area (Å²) in [5.41, 5.74) is 1.42. The Morgan fingerprint density at radius 3 is 2.54 bits per heavy atom. The highest BCUT2D eigenvalue weighted by molar-refractivity contribution is 6.36. The van der Waals surface area contributed by atoms with Crippen molar-refractivity contribution < 1.29 is 14.1 Å². The molecular weight excluding hydrogens is 403 g/mol. The highest BCUT2D eigenvalue weighted by Gasteiger charge is 2.43. The van der Waals surface area contributed by atoms with Gasteiger partial charge in [-0.15, -0.1) is 0 Å². The standard InChI is InChI=1S/C19H18Cl2N4O3/c1-9-8-14(24-28-9)22-18(26)15-10(2)25(11-6-7-11)19(27)23-17(15)16-12(20)4-3-5-13(16)21/h3-5,8,11,17H,6-7H2,1-2H3,(H,23,27)(H,22,24,26)/t17-/m1/s1. The molecular formula is C19H18Cl2N4O3. The Balaban J connectivity index is 1.79. The fraction of sp³-hybridized carbons (Fsp3) is 0.316. The van der Waals surface area contributed by atoms with Crippen LogP contribution in [0.4, 0.5) is 10.6 Å². The van der Waals surface area contributed by atoms with Crippen LogP contribution in [0.1, 0.15) is 37.1 Å². The smallest absolute Gasteiger partial charge is 0.322 e. The number of benzene rings is 1. The third-order valence-corrected chi connectivity index (χ3v) is 5.50. The lowest BCUT2D eigenvalue weighted by Crippen LogP contribution is -2.49. The van der Waals surface area contributed by atoms with E-state index in [4.69, 9.17) is 27.7 Å². The first-order valence-electron chi connectivity index (χ1n) is 8.86. The Kier molecular flexibility index (Phi) is 4.81. The van der Waals surface area contributed by atoms with Gasteiger partial charge in [-0.2, -0.15) is 0 Å². The number of nitrogens with one attached hydrogen (secondary N) is 2. The van der Waals surface area contributed by atoms with E-state index in [1.54, 1.807) is 43.0 Å². The van der Waals surface area contributed by atoms with Crippen LogP contribution in [0.5, 0.6) is 0 Å². The number of urea groups is 1. The van der Waals surface area contributed by atoms with Crippen LogP contribution in [-0.4, -0.2) is 28.0 Å². The number of anilines is 1. The maximum absolute atomic E-state index is 13.2. The van der Waals surface area contributed by atoms with Crippen molar-refractivity contribution in [3.63, 3.8) is 0 Å². The number of amides is 3. The Labute approximate surface area is 171 Å². The summed E-state index contributed by atoms with van der Waals surface area (Å²) in [6.45, 7) is 3.49. The molecule has 0 unspecified atom stereocenters. The molecule has 1 aromatic heterocycles. The van der Waals surface area contributed by atoms with Crippen molar-refractivity contribution in [2.24, 2.45) is 0 Å². The van der Waals surface area contributed by atoms with Crippen LogP contribution in [-0.2, 0) is 4.79 Å². The molecule has 3 amide bonds. The third kappa shape index (κ3) is 3.36. The number of allylic oxidation sites excluding steroid dienone is 1. The molecule has 2 aliphatic rings. The topological polar surface area (TPSA) is 87.5 Å². The Hall–Kier alpha value is -2.51. The SMILES string of the molecule is CC1=C(C(=O)Nc2cc(C)on2)[C@H](c2c(Cl)cccc2Cl)NC(=O)N1C1CC1. The Bertz CT molecular complexity index is 977. The van der Waals surface area contributed by atoms with E-state index in [0.29, 0.717) is 38.5 Å². The molecule has 1 aliphatic heterocycles. The van der Waals surface area contributed by atoms with Gasteiger partial charge < -0.3 is 15.2 Å². The van der Waals surface area contributed by atoms with Gasteiger partial charge in [-0.25, -0.2) is 4.79 Å². The molecule has 7 nitrogen and oxygen atoms in total. The molecule has 0 saturated heterocycles. The molecule has 28 heavy (non-hydrogen) atoms. The number of carbonyl (C=O) groups is 2. The van der Waals surface area contributed by atoms with E-state index >= 15 is 0 Å². The summed E-state index contributed by atoms with van der Waals surface area (Å²) in [7, 11) is 0. The number of hydrogen-bond donors (Lipinski definition) is 2. The molecule has 4 rings (SSSR count). The average Bonchev–Trinajstić information content (AvgIpc) is 3.36. The van der Waals surface area contributed by atoms with Crippen molar-refractivity contribution in [2.75, 3.05) is 5.32 Å². The van der Waals surface area contributed by atoms with Crippen LogP contribution in [0.25, 0.3) is 0 Å². The third-order valence-electron chi connectivity index (χ3n) is 4.84. The second-order valence-corrected chi connectivity index (χ2v) is 7.71. The molecule has 1 saturated carbocycles. The molecule has 0 radical (unpaired) electrons. The van der Waals surface area contributed by atoms with Gasteiger partial charge in [0.2, 0.25) is 0 Å². The maximum atomic E-state index is 13.2. The van der Waals surface area contributed by atoms with Gasteiger partial charge in [0.15, 0.2) is 5.82 Å². The minimum Gasteiger partial charge on any atom is -0.360 e. The van der Waals surface area contributed by atoms with Crippen LogP contribution >= 0.6 is 23.2 Å². The number of aromatic nitrogens is 1. The van der Waals surface area contributed by atoms with Crippen molar-refractivity contribution in [1.82, 2.24) is 15.4 Å². The molecule has 1 aromatic carbocycles. The minimum absolute atomic E-state index is 0.0970. The molecule has 9 heteroatoms. The van der Waals surface area contributed by atoms with E-state index in [1.165, 1.54) is 0 Å². The van der Waals surface area contributed by atoms with Crippen molar-refractivity contribution >= 4 is 41.0 Å². The molecule has 1 atom stereocenters. The van der Waals surface area contributed by atoms with Gasteiger partial charge in [0.1, 0.15) is 5.76 Å². The second-order valence-electron chi connectivity index (χ2n) is 6.90. The van der Waals surface area contributed by atoms with Gasteiger partial charge in [0, 0.05) is 33.4 Å². The van der Waals surface area contributed by atoms with Gasteiger partial charge >= 0.3 is 6.03 Å². The number of aryl methyl sites for hydroxylation is 1. The lowest BCUT2D eigenvalue weighted by Gasteiger charge is -2.36. The lowest BCUT2D eigenvalue weighted by atomic mass is 9.94. The fourth-order valence-corrected chi connectivity index (χ4v) is 4.05. The van der Waals surface area contributed by atoms with Gasteiger partial charge in [-0.05, 0) is 38.8 Å². The van der Waals surface area contributed by atoms with Crippen molar-refractivity contribution in [2.45, 2.75) is 38.8 Å². The predicted molar refractivity (Wildman–Crippen MR) is 105 cm³/mol. The minimum atomic E-state index is -0.781. The maximum Gasteiger partial charge on any atom is 0.322 e. The molecule has 146 valence electrons. The predicted octanol–water partition coefficient (Wildman–Crippen LogP) is 4.43. The van der Waals surface area contributed by atoms with Gasteiger partial charge in [-0.3, -0.25) is 9.69 Å². The Morgan fingerprint density at radius 2 is 1.96 bits per heavy atom. The highest BCUT2D eigenvalue weighted by atomic mass is 35.5. The second kappa shape index (κ2) is 7.14. The van der Waals surface area contributed by atoms with Crippen LogP contribution < -0.4 is 10.6 Å². The molecule has 2 heterocycles. The summed E-state index contributed by atoms with van der Waals surface area (Å²) in [6.07, 6.45) is 1.80. The first-order valence-corrected chi connectivity index (χ1v) is 9.61. The van der Waals surface area contributed by atoms with Crippen LogP contribution in [0.15, 0.2) is 40.1 Å². The monoisotopic (exact) mass is 420 g/mol. The number of halogens is 2. The van der Waals surface area contributed by atoms with E-state index in [2.05, 4.69) is 15.8 Å². The summed E-state index contributed by atoms with van der Waals surface area (Å²) in [5.74, 6) is 0.461. The molecule has 2 N–H and O–H groups in total. The fourth-order valence-electron chi connectivity index (χ4n) is 3.44. The van der Waals surface area contributed by atoms with Crippen molar-refractivity contribution in [3.05, 3.63) is 56.9 Å². The van der Waals surface area contributed by atoms with E-state index in [0.717, 1.165) is 12.8 Å². The summed E-state index contributed by atoms with van der Waals surface area (Å²) in [5, 5.41) is 10.2. The van der Waals surface area contributed by atoms with E-state index < -0.39 is 11.9 Å². The number of rotatable bonds is 4. The molecule has 1 fully saturated rings. The zero-order valence-corrected chi connectivity index (χ0v) is 16.8. The summed E-state index contributed by atoms with van der Waals surface area (Å²) < 4.78 is 5.01. The average molecular weight is 421 g/mol. The van der Waals surface area contributed by atoms with Gasteiger partial charge in [0.25, 0.3) is 5.91 Å². The van der Waals surface area contributed by atoms with Crippen LogP contribution in [0.2, 0.25) is 10.0 Å². The largest absolute Gasteiger partial charge is 0.360 e. The van der Waals surface area contributed by atoms with Crippen LogP contribution in [0, 0.1) is 6.92 Å². The summed E-state index contributed by atoms with van der Waals surface area (Å²) in [4.78, 5) is 27.6. The number of hydrogen-bond acceptors (Lipinski definition) is 4. The Morgan fingerprint density at radius 1 is 1.29 bits per heavy atom. The van der Waals surface area contributed by atoms with E-state index in [9.17, 15) is 9.59 Å². The van der Waals surface area contributed by atoms with Gasteiger partial charge in [0.05, 0.1) is 11.6 Å². The van der Waals surface area contributed by atoms with E-state index in [-0.39, 0.29) is 12.1 Å². The summed E-state index contributed by atoms with van der Waals surface area (Å²) in [6, 6.07) is 5.73. The first-order chi connectivity index (χ1) is 13.4. The molecule has 0 spiro atoms. The molecule has 0 bridgehead atoms. The van der Waals surface area contributed by atoms with Crippen molar-refractivity contribution in [1.29, 1.82) is 0 Å². The van der Waals surface area contributed by atoms with Crippen molar-refractivity contribution in [3.8, 4) is 0 Å². The van der Waals surface area contributed by atoms with E-state index in [1.807, 2.05) is 0 Å². The van der Waals surface area contributed by atoms with Crippen LogP contribution in [0.3, 0.4) is 0 Å². The zero-order chi connectivity index (χ0) is 20.0. The molecule has 2 aromatic rings. The lowest BCUT2D eigenvalue weighted by molar-refractivity contribution is -0.113. The zero-order valence-electron chi connectivity index (χ0n) is 15.3. The normalized spacial score (nSPS) is 19.6. The number of carbonyl (C=O) groups excluding carboxylic acids is 2. The first kappa shape index (κ1) is 18.8. The molecule has 1 aliphatic carbocycles. The highest BCUT2D eigenvalue weighted by Crippen LogP contribution is 2.41.